The summed E-state index contributed by atoms with van der Waals surface area (Å²) in [5.41, 5.74) is 0.289. The van der Waals surface area contributed by atoms with Gasteiger partial charge in [0.15, 0.2) is 35.8 Å². The minimum absolute atomic E-state index is 0.0667. The van der Waals surface area contributed by atoms with Gasteiger partial charge in [-0.15, -0.1) is 0 Å². The molecule has 11 atom stereocenters. The van der Waals surface area contributed by atoms with Crippen molar-refractivity contribution in [3.05, 3.63) is 47.2 Å². The predicted octanol–water partition coefficient (Wildman–Crippen LogP) is -2.42. The zero-order valence-corrected chi connectivity index (χ0v) is 22.4. The Kier molecular flexibility index (Phi) is 8.76. The van der Waals surface area contributed by atoms with E-state index in [9.17, 15) is 61.0 Å². The number of phenolic OH excluding ortho intramolecular Hbond substituents is 4. The molecule has 2 fully saturated rings. The lowest BCUT2D eigenvalue weighted by atomic mass is 9.97. The zero-order chi connectivity index (χ0) is 32.0. The molecule has 0 saturated carbocycles. The van der Waals surface area contributed by atoms with Crippen LogP contribution in [0.2, 0.25) is 0 Å². The van der Waals surface area contributed by atoms with Gasteiger partial charge in [-0.05, 0) is 18.2 Å². The van der Waals surface area contributed by atoms with E-state index >= 15 is 0 Å². The third-order valence-electron chi connectivity index (χ3n) is 7.44. The number of carboxylic acid groups (broad SMARTS) is 1. The van der Waals surface area contributed by atoms with Crippen LogP contribution >= 0.6 is 0 Å². The van der Waals surface area contributed by atoms with Crippen LogP contribution in [0.25, 0.3) is 6.08 Å². The first-order valence-electron chi connectivity index (χ1n) is 13.2. The second kappa shape index (κ2) is 12.2. The maximum atomic E-state index is 11.6. The topological polar surface area (TPSA) is 289 Å². The third-order valence-corrected chi connectivity index (χ3v) is 7.44. The van der Waals surface area contributed by atoms with Crippen molar-refractivity contribution in [3.63, 3.8) is 0 Å². The summed E-state index contributed by atoms with van der Waals surface area (Å²) in [6.07, 6.45) is -18.9. The molecule has 1 unspecified atom stereocenters. The molecule has 0 spiro atoms. The van der Waals surface area contributed by atoms with Crippen LogP contribution in [0, 0.1) is 0 Å². The first-order valence-corrected chi connectivity index (χ1v) is 13.2. The van der Waals surface area contributed by atoms with Crippen LogP contribution in [0.5, 0.6) is 28.7 Å². The molecule has 3 heterocycles. The number of rotatable bonds is 7. The quantitative estimate of drug-likeness (QED) is 0.112. The third kappa shape index (κ3) is 5.80. The summed E-state index contributed by atoms with van der Waals surface area (Å²) < 4.78 is 26.9. The second-order valence-corrected chi connectivity index (χ2v) is 10.4. The molecule has 2 saturated heterocycles. The summed E-state index contributed by atoms with van der Waals surface area (Å²) in [6.45, 7) is -0.819. The molecule has 240 valence electrons. The van der Waals surface area contributed by atoms with Crippen molar-refractivity contribution in [2.45, 2.75) is 67.5 Å². The minimum atomic E-state index is -2.06. The van der Waals surface area contributed by atoms with Crippen LogP contribution in [0.4, 0.5) is 0 Å². The molecule has 0 aliphatic carbocycles. The van der Waals surface area contributed by atoms with E-state index in [-0.39, 0.29) is 28.4 Å². The number of fused-ring (bicyclic) bond motifs is 1. The van der Waals surface area contributed by atoms with Crippen LogP contribution in [0.15, 0.2) is 36.1 Å². The molecule has 5 rings (SSSR count). The van der Waals surface area contributed by atoms with Crippen molar-refractivity contribution in [1.29, 1.82) is 0 Å². The number of carbonyl (C=O) groups is 1. The summed E-state index contributed by atoms with van der Waals surface area (Å²) in [7, 11) is 0. The van der Waals surface area contributed by atoms with E-state index in [0.29, 0.717) is 0 Å². The maximum absolute atomic E-state index is 11.6. The minimum Gasteiger partial charge on any atom is -0.571 e. The van der Waals surface area contributed by atoms with Crippen LogP contribution in [-0.4, -0.2) is 135 Å². The Morgan fingerprint density at radius 3 is 2.20 bits per heavy atom. The molecule has 0 bridgehead atoms. The number of carboxylic acids is 1. The number of phenols is 4. The molecule has 12 N–H and O–H groups in total. The number of benzene rings is 2. The van der Waals surface area contributed by atoms with Gasteiger partial charge in [-0.3, -0.25) is 0 Å². The van der Waals surface area contributed by atoms with Crippen LogP contribution < -0.4 is 0 Å². The monoisotopic (exact) mass is 627 g/mol. The van der Waals surface area contributed by atoms with Gasteiger partial charge in [0.25, 0.3) is 11.9 Å². The SMILES string of the molecule is O=C(O)[C@H]1O[C@@H](O[C@@H]2[C@H](OC3=Cc4c(O)cc(O)cc4[OH+]C3c3ccc(O)c(O)c3)O[C@H](CO)[C@@H](O)[C@@H]2O)[C@H](O)[C@@H](O)[C@@H]1O. The summed E-state index contributed by atoms with van der Waals surface area (Å²) >= 11 is 0. The average Bonchev–Trinajstić information content (AvgIpc) is 2.97. The fraction of sp³-hybridized carbons (Fsp3) is 0.444. The highest BCUT2D eigenvalue weighted by molar-refractivity contribution is 5.73. The van der Waals surface area contributed by atoms with Crippen LogP contribution in [0.1, 0.15) is 17.2 Å². The summed E-state index contributed by atoms with van der Waals surface area (Å²) in [5, 5.41) is 112. The number of hydrogen-bond donors (Lipinski definition) is 11. The van der Waals surface area contributed by atoms with E-state index in [4.69, 9.17) is 18.9 Å². The van der Waals surface area contributed by atoms with E-state index in [1.165, 1.54) is 24.3 Å². The van der Waals surface area contributed by atoms with E-state index in [2.05, 4.69) is 4.74 Å². The summed E-state index contributed by atoms with van der Waals surface area (Å²) in [5.74, 6) is -3.46. The van der Waals surface area contributed by atoms with E-state index < -0.39 is 97.3 Å². The Morgan fingerprint density at radius 1 is 0.818 bits per heavy atom. The van der Waals surface area contributed by atoms with Gasteiger partial charge in [0.2, 0.25) is 6.29 Å². The Labute approximate surface area is 247 Å². The molecule has 0 amide bonds. The van der Waals surface area contributed by atoms with Gasteiger partial charge in [0.05, 0.1) is 18.2 Å². The van der Waals surface area contributed by atoms with Gasteiger partial charge < -0.3 is 79.9 Å². The van der Waals surface area contributed by atoms with Crippen molar-refractivity contribution in [2.24, 2.45) is 0 Å². The number of aromatic hydroxyl groups is 5. The average molecular weight is 628 g/mol. The molecular weight excluding hydrogens is 596 g/mol. The maximum Gasteiger partial charge on any atom is 0.335 e. The van der Waals surface area contributed by atoms with Crippen molar-refractivity contribution in [3.8, 4) is 28.7 Å². The lowest BCUT2D eigenvalue weighted by Gasteiger charge is -2.45. The molecule has 0 aromatic heterocycles. The number of aliphatic carboxylic acids is 1. The molecule has 17 nitrogen and oxygen atoms in total. The molecule has 2 aromatic carbocycles. The highest BCUT2D eigenvalue weighted by Gasteiger charge is 2.53. The number of ether oxygens (including phenoxy) is 5. The first kappa shape index (κ1) is 31.5. The molecule has 0 radical (unpaired) electrons. The second-order valence-electron chi connectivity index (χ2n) is 10.4. The Morgan fingerprint density at radius 2 is 1.55 bits per heavy atom. The molecule has 3 aliphatic heterocycles. The lowest BCUT2D eigenvalue weighted by Crippen LogP contribution is -2.65. The van der Waals surface area contributed by atoms with E-state index in [1.54, 1.807) is 0 Å². The first-order chi connectivity index (χ1) is 20.8. The van der Waals surface area contributed by atoms with Crippen molar-refractivity contribution in [2.75, 3.05) is 6.61 Å². The Bertz CT molecular complexity index is 1410. The van der Waals surface area contributed by atoms with Crippen LogP contribution in [0.3, 0.4) is 0 Å². The van der Waals surface area contributed by atoms with Crippen LogP contribution in [-0.2, 0) is 23.7 Å². The smallest absolute Gasteiger partial charge is 0.335 e. The normalized spacial score (nSPS) is 35.2. The fourth-order valence-corrected chi connectivity index (χ4v) is 5.08. The van der Waals surface area contributed by atoms with Gasteiger partial charge in [-0.1, -0.05) is 0 Å². The van der Waals surface area contributed by atoms with Gasteiger partial charge in [-0.2, -0.15) is 0 Å². The highest BCUT2D eigenvalue weighted by Crippen LogP contribution is 2.46. The molecule has 44 heavy (non-hydrogen) atoms. The van der Waals surface area contributed by atoms with Crippen molar-refractivity contribution < 1.29 is 84.7 Å². The van der Waals surface area contributed by atoms with E-state index in [0.717, 1.165) is 12.1 Å². The fourth-order valence-electron chi connectivity index (χ4n) is 5.08. The van der Waals surface area contributed by atoms with E-state index in [1.807, 2.05) is 0 Å². The van der Waals surface area contributed by atoms with Gasteiger partial charge in [-0.25, -0.2) is 4.79 Å². The largest absolute Gasteiger partial charge is 0.571 e. The molecular formula is C27H31O17+. The summed E-state index contributed by atoms with van der Waals surface area (Å²) in [4.78, 5) is 11.6. The molecule has 2 aromatic rings. The predicted molar refractivity (Wildman–Crippen MR) is 140 cm³/mol. The zero-order valence-electron chi connectivity index (χ0n) is 22.4. The number of hydrogen-bond acceptors (Lipinski definition) is 15. The van der Waals surface area contributed by atoms with Crippen molar-refractivity contribution >= 4 is 12.0 Å². The standard InChI is InChI=1S/C27H30O17/c28-7-16-17(33)19(35)24(44-26-21(37)18(34)20(36)23(43-26)25(38)39)27(42-16)41-15-6-10-12(31)4-9(29)5-14(10)40-22(15)8-1-2-11(30)13(32)3-8/h1-6,16-24,26-37H,7H2,(H,38,39)/p+1/t16-,17-,18+,19+,20+,21-,22?,23+,24+,26+,27-/m1/s1. The van der Waals surface area contributed by atoms with Gasteiger partial charge >= 0.3 is 5.97 Å². The van der Waals surface area contributed by atoms with Gasteiger partial charge in [0, 0.05) is 12.1 Å². The Hall–Kier alpha value is -3.91. The number of aliphatic hydroxyl groups is 7. The number of aliphatic hydroxyl groups excluding tert-OH is 6. The molecule has 3 aliphatic rings. The van der Waals surface area contributed by atoms with Crippen molar-refractivity contribution in [1.82, 2.24) is 0 Å². The van der Waals surface area contributed by atoms with Gasteiger partial charge in [0.1, 0.15) is 53.7 Å². The molecule has 17 heteroatoms. The lowest BCUT2D eigenvalue weighted by molar-refractivity contribution is -0.361. The summed E-state index contributed by atoms with van der Waals surface area (Å²) in [6, 6.07) is 5.97. The Balaban J connectivity index is 1.52. The highest BCUT2D eigenvalue weighted by atomic mass is 16.8.